The number of ether oxygens (including phenoxy) is 1. The molecular weight excluding hydrogens is 304 g/mol. The van der Waals surface area contributed by atoms with E-state index in [1.165, 1.54) is 4.68 Å². The number of imidazole rings is 1. The Hall–Kier alpha value is -3.66. The number of hydrogen-bond donors (Lipinski definition) is 1. The summed E-state index contributed by atoms with van der Waals surface area (Å²) in [6, 6.07) is 12.6. The molecule has 0 fully saturated rings. The maximum Gasteiger partial charge on any atom is 0.237 e. The molecule has 0 unspecified atom stereocenters. The lowest BCUT2D eigenvalue weighted by Gasteiger charge is -2.05. The lowest BCUT2D eigenvalue weighted by atomic mass is 10.2. The van der Waals surface area contributed by atoms with Crippen molar-refractivity contribution in [1.29, 1.82) is 5.26 Å². The highest BCUT2D eigenvalue weighted by atomic mass is 16.5. The second kappa shape index (κ2) is 6.62. The molecule has 0 atom stereocenters. The second-order valence-corrected chi connectivity index (χ2v) is 4.97. The van der Waals surface area contributed by atoms with E-state index in [4.69, 9.17) is 15.7 Å². The fourth-order valence-electron chi connectivity index (χ4n) is 2.02. The van der Waals surface area contributed by atoms with E-state index in [2.05, 4.69) is 15.1 Å². The lowest BCUT2D eigenvalue weighted by Crippen LogP contribution is -1.97. The zero-order chi connectivity index (χ0) is 16.9. The number of hydrogen-bond acceptors (Lipinski definition) is 6. The molecule has 7 heteroatoms. The molecule has 118 valence electrons. The number of nitrogens with two attached hydrogens (primary N) is 1. The number of aryl methyl sites for hydroxylation is 1. The molecule has 0 aliphatic carbocycles. The van der Waals surface area contributed by atoms with Crippen molar-refractivity contribution in [2.24, 2.45) is 5.10 Å². The first-order valence-electron chi connectivity index (χ1n) is 7.14. The Balaban J connectivity index is 1.74. The summed E-state index contributed by atoms with van der Waals surface area (Å²) in [5, 5.41) is 13.3. The Morgan fingerprint density at radius 2 is 2.08 bits per heavy atom. The third-order valence-corrected chi connectivity index (χ3v) is 3.15. The van der Waals surface area contributed by atoms with Crippen LogP contribution in [-0.4, -0.2) is 20.9 Å². The molecule has 3 rings (SSSR count). The molecule has 0 bridgehead atoms. The molecule has 0 saturated heterocycles. The molecule has 3 aromatic rings. The highest BCUT2D eigenvalue weighted by molar-refractivity contribution is 5.79. The van der Waals surface area contributed by atoms with Crippen LogP contribution in [0.15, 0.2) is 53.9 Å². The summed E-state index contributed by atoms with van der Waals surface area (Å²) in [6.07, 6.45) is 4.99. The maximum atomic E-state index is 9.04. The minimum absolute atomic E-state index is 0.281. The topological polar surface area (TPSA) is 102 Å². The van der Waals surface area contributed by atoms with Crippen molar-refractivity contribution in [3.8, 4) is 17.7 Å². The van der Waals surface area contributed by atoms with Gasteiger partial charge in [-0.2, -0.15) is 10.4 Å². The largest absolute Gasteiger partial charge is 0.438 e. The average molecular weight is 318 g/mol. The lowest BCUT2D eigenvalue weighted by molar-refractivity contribution is 0.461. The van der Waals surface area contributed by atoms with Crippen molar-refractivity contribution in [2.75, 3.05) is 5.73 Å². The van der Waals surface area contributed by atoms with E-state index in [9.17, 15) is 0 Å². The van der Waals surface area contributed by atoms with Gasteiger partial charge in [-0.25, -0.2) is 14.6 Å². The van der Waals surface area contributed by atoms with Crippen LogP contribution in [0.2, 0.25) is 0 Å². The highest BCUT2D eigenvalue weighted by Gasteiger charge is 2.05. The summed E-state index contributed by atoms with van der Waals surface area (Å²) in [6.45, 7) is 1.85. The van der Waals surface area contributed by atoms with E-state index in [0.717, 1.165) is 11.3 Å². The number of pyridine rings is 1. The van der Waals surface area contributed by atoms with Gasteiger partial charge in [0.15, 0.2) is 0 Å². The zero-order valence-electron chi connectivity index (χ0n) is 12.9. The summed E-state index contributed by atoms with van der Waals surface area (Å²) in [5.41, 5.74) is 7.78. The molecule has 2 heterocycles. The number of aromatic nitrogens is 3. The summed E-state index contributed by atoms with van der Waals surface area (Å²) >= 11 is 0. The van der Waals surface area contributed by atoms with E-state index in [1.807, 2.05) is 25.1 Å². The Morgan fingerprint density at radius 1 is 1.29 bits per heavy atom. The first-order chi connectivity index (χ1) is 11.7. The highest BCUT2D eigenvalue weighted by Crippen LogP contribution is 2.22. The molecule has 0 aliphatic rings. The van der Waals surface area contributed by atoms with Gasteiger partial charge in [0, 0.05) is 6.20 Å². The van der Waals surface area contributed by atoms with Crippen LogP contribution in [0.5, 0.6) is 11.6 Å². The number of nitrogens with zero attached hydrogens (tertiary/aromatic N) is 5. The molecule has 2 aromatic heterocycles. The molecule has 24 heavy (non-hydrogen) atoms. The molecule has 0 amide bonds. The van der Waals surface area contributed by atoms with Crippen LogP contribution in [0, 0.1) is 18.3 Å². The number of nitrogen functional groups attached to an aromatic ring is 1. The Morgan fingerprint density at radius 3 is 2.75 bits per heavy atom. The normalized spacial score (nSPS) is 10.7. The van der Waals surface area contributed by atoms with Gasteiger partial charge in [-0.05, 0) is 48.9 Å². The molecule has 0 aliphatic heterocycles. The van der Waals surface area contributed by atoms with Gasteiger partial charge in [-0.15, -0.1) is 0 Å². The van der Waals surface area contributed by atoms with Crippen LogP contribution in [-0.2, 0) is 0 Å². The number of rotatable bonds is 4. The van der Waals surface area contributed by atoms with Gasteiger partial charge in [0.1, 0.15) is 17.4 Å². The predicted molar refractivity (Wildman–Crippen MR) is 89.8 cm³/mol. The number of benzene rings is 1. The van der Waals surface area contributed by atoms with Crippen LogP contribution in [0.25, 0.3) is 0 Å². The van der Waals surface area contributed by atoms with Crippen molar-refractivity contribution in [1.82, 2.24) is 14.6 Å². The second-order valence-electron chi connectivity index (χ2n) is 4.97. The summed E-state index contributed by atoms with van der Waals surface area (Å²) in [4.78, 5) is 8.13. The SMILES string of the molecule is Cc1cn(N=Cc2ccc(Oc3ncccc3C#N)cc2)c(N)n1. The third kappa shape index (κ3) is 3.39. The molecule has 0 radical (unpaired) electrons. The first-order valence-corrected chi connectivity index (χ1v) is 7.14. The first kappa shape index (κ1) is 15.2. The van der Waals surface area contributed by atoms with Crippen LogP contribution in [0.1, 0.15) is 16.8 Å². The Kier molecular flexibility index (Phi) is 4.21. The Bertz CT molecular complexity index is 921. The average Bonchev–Trinajstić information content (AvgIpc) is 2.92. The molecule has 7 nitrogen and oxygen atoms in total. The van der Waals surface area contributed by atoms with Crippen molar-refractivity contribution >= 4 is 12.2 Å². The quantitative estimate of drug-likeness (QED) is 0.745. The van der Waals surface area contributed by atoms with Gasteiger partial charge < -0.3 is 10.5 Å². The van der Waals surface area contributed by atoms with E-state index in [0.29, 0.717) is 17.3 Å². The van der Waals surface area contributed by atoms with Gasteiger partial charge in [-0.3, -0.25) is 0 Å². The minimum Gasteiger partial charge on any atom is -0.438 e. The maximum absolute atomic E-state index is 9.04. The summed E-state index contributed by atoms with van der Waals surface area (Å²) < 4.78 is 7.13. The van der Waals surface area contributed by atoms with Crippen molar-refractivity contribution < 1.29 is 4.74 Å². The fraction of sp³-hybridized carbons (Fsp3) is 0.0588. The minimum atomic E-state index is 0.281. The van der Waals surface area contributed by atoms with Gasteiger partial charge in [-0.1, -0.05) is 0 Å². The molecular formula is C17H14N6O. The van der Waals surface area contributed by atoms with Gasteiger partial charge in [0.25, 0.3) is 0 Å². The number of nitriles is 1. The predicted octanol–water partition coefficient (Wildman–Crippen LogP) is 2.71. The monoisotopic (exact) mass is 318 g/mol. The van der Waals surface area contributed by atoms with Crippen LogP contribution >= 0.6 is 0 Å². The standard InChI is InChI=1S/C17H14N6O/c1-12-11-23(17(19)22-12)21-10-13-4-6-15(7-5-13)24-16-14(9-18)3-2-8-20-16/h2-8,10-11H,1H3,(H2,19,22). The molecule has 1 aromatic carbocycles. The summed E-state index contributed by atoms with van der Waals surface area (Å²) in [5.74, 6) is 1.20. The van der Waals surface area contributed by atoms with E-state index >= 15 is 0 Å². The van der Waals surface area contributed by atoms with Crippen LogP contribution < -0.4 is 10.5 Å². The van der Waals surface area contributed by atoms with Gasteiger partial charge >= 0.3 is 0 Å². The molecule has 0 saturated carbocycles. The molecule has 2 N–H and O–H groups in total. The smallest absolute Gasteiger partial charge is 0.237 e. The molecule has 0 spiro atoms. The van der Waals surface area contributed by atoms with Gasteiger partial charge in [0.05, 0.1) is 18.1 Å². The van der Waals surface area contributed by atoms with Crippen molar-refractivity contribution in [3.63, 3.8) is 0 Å². The Labute approximate surface area is 138 Å². The van der Waals surface area contributed by atoms with Crippen molar-refractivity contribution in [3.05, 3.63) is 65.6 Å². The zero-order valence-corrected chi connectivity index (χ0v) is 12.9. The summed E-state index contributed by atoms with van der Waals surface area (Å²) in [7, 11) is 0. The van der Waals surface area contributed by atoms with Crippen molar-refractivity contribution in [2.45, 2.75) is 6.92 Å². The van der Waals surface area contributed by atoms with E-state index < -0.39 is 0 Å². The van der Waals surface area contributed by atoms with Crippen LogP contribution in [0.3, 0.4) is 0 Å². The van der Waals surface area contributed by atoms with Crippen LogP contribution in [0.4, 0.5) is 5.95 Å². The van der Waals surface area contributed by atoms with E-state index in [1.54, 1.807) is 42.9 Å². The third-order valence-electron chi connectivity index (χ3n) is 3.15. The number of anilines is 1. The van der Waals surface area contributed by atoms with E-state index in [-0.39, 0.29) is 5.88 Å². The fourth-order valence-corrected chi connectivity index (χ4v) is 2.02. The van der Waals surface area contributed by atoms with Gasteiger partial charge in [0.2, 0.25) is 11.8 Å².